The van der Waals surface area contributed by atoms with Gasteiger partial charge in [-0.1, -0.05) is 25.1 Å². The van der Waals surface area contributed by atoms with Gasteiger partial charge in [-0.3, -0.25) is 0 Å². The molecule has 114 valence electrons. The van der Waals surface area contributed by atoms with E-state index in [0.29, 0.717) is 12.1 Å². The van der Waals surface area contributed by atoms with Gasteiger partial charge in [-0.25, -0.2) is 0 Å². The summed E-state index contributed by atoms with van der Waals surface area (Å²) in [5.74, 6) is 1.97. The second kappa shape index (κ2) is 5.94. The molecule has 1 saturated heterocycles. The zero-order valence-electron chi connectivity index (χ0n) is 12.9. The largest absolute Gasteiger partial charge is 0.307 e. The third kappa shape index (κ3) is 3.01. The second-order valence-electron chi connectivity index (χ2n) is 7.01. The summed E-state index contributed by atoms with van der Waals surface area (Å²) in [6.45, 7) is 5.01. The molecule has 2 fully saturated rings. The van der Waals surface area contributed by atoms with Crippen LogP contribution in [0.25, 0.3) is 0 Å². The Balaban J connectivity index is 1.42. The minimum Gasteiger partial charge on any atom is -0.307 e. The van der Waals surface area contributed by atoms with Gasteiger partial charge in [-0.15, -0.1) is 11.8 Å². The van der Waals surface area contributed by atoms with Crippen molar-refractivity contribution in [1.29, 1.82) is 0 Å². The molecule has 3 aliphatic rings. The molecule has 0 bridgehead atoms. The lowest BCUT2D eigenvalue weighted by Crippen LogP contribution is -2.46. The van der Waals surface area contributed by atoms with Crippen LogP contribution < -0.4 is 5.32 Å². The lowest BCUT2D eigenvalue weighted by molar-refractivity contribution is 0.176. The number of nitrogens with one attached hydrogen (secondary N) is 1. The van der Waals surface area contributed by atoms with E-state index in [1.165, 1.54) is 55.0 Å². The normalized spacial score (nSPS) is 31.1. The number of thioether (sulfide) groups is 1. The molecule has 1 saturated carbocycles. The number of rotatable bonds is 3. The van der Waals surface area contributed by atoms with E-state index in [1.54, 1.807) is 0 Å². The average Bonchev–Trinajstić information content (AvgIpc) is 3.36. The maximum absolute atomic E-state index is 4.00. The van der Waals surface area contributed by atoms with E-state index in [1.807, 2.05) is 11.8 Å². The first-order chi connectivity index (χ1) is 10.3. The molecular formula is C18H26N2S. The molecule has 2 heterocycles. The molecule has 1 aromatic rings. The lowest BCUT2D eigenvalue weighted by atomic mass is 9.92. The first-order valence-electron chi connectivity index (χ1n) is 8.53. The molecule has 1 N–H and O–H groups in total. The molecule has 0 amide bonds. The predicted octanol–water partition coefficient (Wildman–Crippen LogP) is 3.69. The van der Waals surface area contributed by atoms with Gasteiger partial charge in [-0.2, -0.15) is 0 Å². The van der Waals surface area contributed by atoms with Crippen molar-refractivity contribution >= 4 is 11.8 Å². The van der Waals surface area contributed by atoms with Crippen LogP contribution in [0.1, 0.15) is 44.2 Å². The van der Waals surface area contributed by atoms with Crippen molar-refractivity contribution in [1.82, 2.24) is 10.2 Å². The van der Waals surface area contributed by atoms with Gasteiger partial charge in [0.25, 0.3) is 0 Å². The van der Waals surface area contributed by atoms with Crippen molar-refractivity contribution in [3.8, 4) is 0 Å². The smallest absolute Gasteiger partial charge is 0.0367 e. The number of likely N-dealkylation sites (tertiary alicyclic amines) is 1. The van der Waals surface area contributed by atoms with E-state index >= 15 is 0 Å². The van der Waals surface area contributed by atoms with Gasteiger partial charge >= 0.3 is 0 Å². The molecule has 4 rings (SSSR count). The number of piperidine rings is 1. The van der Waals surface area contributed by atoms with Crippen LogP contribution in [-0.4, -0.2) is 35.8 Å². The molecule has 2 aliphatic heterocycles. The molecule has 21 heavy (non-hydrogen) atoms. The molecule has 2 atom stereocenters. The fourth-order valence-corrected chi connectivity index (χ4v) is 5.04. The third-order valence-corrected chi connectivity index (χ3v) is 6.71. The zero-order valence-corrected chi connectivity index (χ0v) is 13.7. The van der Waals surface area contributed by atoms with Crippen molar-refractivity contribution < 1.29 is 0 Å². The monoisotopic (exact) mass is 302 g/mol. The summed E-state index contributed by atoms with van der Waals surface area (Å²) in [5.41, 5.74) is 1.53. The Morgan fingerprint density at radius 2 is 1.86 bits per heavy atom. The minimum atomic E-state index is 0.555. The number of benzene rings is 1. The summed E-state index contributed by atoms with van der Waals surface area (Å²) in [6, 6.07) is 11.2. The molecule has 2 nitrogen and oxygen atoms in total. The summed E-state index contributed by atoms with van der Waals surface area (Å²) >= 11 is 2.03. The van der Waals surface area contributed by atoms with E-state index in [0.717, 1.165) is 12.0 Å². The molecule has 1 aliphatic carbocycles. The highest BCUT2D eigenvalue weighted by Gasteiger charge is 2.34. The van der Waals surface area contributed by atoms with Crippen LogP contribution in [0.3, 0.4) is 0 Å². The summed E-state index contributed by atoms with van der Waals surface area (Å²) in [7, 11) is 0. The maximum atomic E-state index is 4.00. The predicted molar refractivity (Wildman–Crippen MR) is 89.8 cm³/mol. The quantitative estimate of drug-likeness (QED) is 0.917. The highest BCUT2D eigenvalue weighted by atomic mass is 32.2. The first-order valence-corrected chi connectivity index (χ1v) is 9.51. The Kier molecular flexibility index (Phi) is 3.99. The highest BCUT2D eigenvalue weighted by Crippen LogP contribution is 2.40. The van der Waals surface area contributed by atoms with Gasteiger partial charge in [0.2, 0.25) is 0 Å². The highest BCUT2D eigenvalue weighted by molar-refractivity contribution is 7.99. The van der Waals surface area contributed by atoms with E-state index in [-0.39, 0.29) is 0 Å². The van der Waals surface area contributed by atoms with E-state index in [2.05, 4.69) is 41.4 Å². The molecule has 0 radical (unpaired) electrons. The van der Waals surface area contributed by atoms with Crippen LogP contribution in [0.4, 0.5) is 0 Å². The van der Waals surface area contributed by atoms with E-state index in [9.17, 15) is 0 Å². The Morgan fingerprint density at radius 1 is 1.10 bits per heavy atom. The number of nitrogens with zero attached hydrogens (tertiary/aromatic N) is 1. The first kappa shape index (κ1) is 14.1. The van der Waals surface area contributed by atoms with Crippen LogP contribution in [0.5, 0.6) is 0 Å². The van der Waals surface area contributed by atoms with Gasteiger partial charge in [-0.05, 0) is 56.3 Å². The Bertz CT molecular complexity index is 492. The number of hydrogen-bond donors (Lipinski definition) is 1. The van der Waals surface area contributed by atoms with Crippen LogP contribution in [-0.2, 0) is 0 Å². The molecule has 0 unspecified atom stereocenters. The standard InChI is InChI=1S/C18H26N2S/c1-13-12-21-17-5-3-2-4-16(17)18(13)19-14-8-10-20(11-9-14)15-6-7-15/h2-5,13-15,18-19H,6-12H2,1H3/t13-,18-/m0/s1. The lowest BCUT2D eigenvalue weighted by Gasteiger charge is -2.38. The number of hydrogen-bond acceptors (Lipinski definition) is 3. The van der Waals surface area contributed by atoms with Crippen LogP contribution in [0, 0.1) is 5.92 Å². The van der Waals surface area contributed by atoms with E-state index < -0.39 is 0 Å². The second-order valence-corrected chi connectivity index (χ2v) is 8.07. The molecule has 1 aromatic carbocycles. The summed E-state index contributed by atoms with van der Waals surface area (Å²) < 4.78 is 0. The molecule has 0 aromatic heterocycles. The van der Waals surface area contributed by atoms with Crippen LogP contribution >= 0.6 is 11.8 Å². The van der Waals surface area contributed by atoms with E-state index in [4.69, 9.17) is 0 Å². The Morgan fingerprint density at radius 3 is 2.62 bits per heavy atom. The van der Waals surface area contributed by atoms with Crippen molar-refractivity contribution in [2.45, 2.75) is 55.6 Å². The molecule has 3 heteroatoms. The zero-order chi connectivity index (χ0) is 14.2. The van der Waals surface area contributed by atoms with Gasteiger partial charge in [0.1, 0.15) is 0 Å². The molecule has 0 spiro atoms. The van der Waals surface area contributed by atoms with Crippen molar-refractivity contribution in [3.63, 3.8) is 0 Å². The van der Waals surface area contributed by atoms with Gasteiger partial charge in [0.05, 0.1) is 0 Å². The van der Waals surface area contributed by atoms with Gasteiger partial charge in [0.15, 0.2) is 0 Å². The molecular weight excluding hydrogens is 276 g/mol. The summed E-state index contributed by atoms with van der Waals surface area (Å²) in [5, 5.41) is 4.00. The van der Waals surface area contributed by atoms with Crippen LogP contribution in [0.2, 0.25) is 0 Å². The van der Waals surface area contributed by atoms with Gasteiger partial charge in [0, 0.05) is 28.8 Å². The van der Waals surface area contributed by atoms with Crippen LogP contribution in [0.15, 0.2) is 29.2 Å². The maximum Gasteiger partial charge on any atom is 0.0367 e. The SMILES string of the molecule is C[C@H]1CSc2ccccc2[C@H]1NC1CCN(C2CC2)CC1. The fourth-order valence-electron chi connectivity index (χ4n) is 3.87. The van der Waals surface area contributed by atoms with Crippen molar-refractivity contribution in [2.24, 2.45) is 5.92 Å². The minimum absolute atomic E-state index is 0.555. The Labute approximate surface area is 132 Å². The summed E-state index contributed by atoms with van der Waals surface area (Å²) in [4.78, 5) is 4.20. The summed E-state index contributed by atoms with van der Waals surface area (Å²) in [6.07, 6.45) is 5.55. The third-order valence-electron chi connectivity index (χ3n) is 5.33. The average molecular weight is 302 g/mol. The number of fused-ring (bicyclic) bond motifs is 1. The van der Waals surface area contributed by atoms with Crippen molar-refractivity contribution in [3.05, 3.63) is 29.8 Å². The Hall–Kier alpha value is -0.510. The topological polar surface area (TPSA) is 15.3 Å². The van der Waals surface area contributed by atoms with Gasteiger partial charge < -0.3 is 10.2 Å². The fraction of sp³-hybridized carbons (Fsp3) is 0.667. The van der Waals surface area contributed by atoms with Crippen molar-refractivity contribution in [2.75, 3.05) is 18.8 Å².